The Balaban J connectivity index is 1.42. The zero-order valence-electron chi connectivity index (χ0n) is 14.8. The van der Waals surface area contributed by atoms with Crippen LogP contribution in [0.2, 0.25) is 0 Å². The molecule has 1 N–H and O–H groups in total. The molecule has 0 radical (unpaired) electrons. The molecule has 136 valence electrons. The molecule has 26 heavy (non-hydrogen) atoms. The van der Waals surface area contributed by atoms with Gasteiger partial charge >= 0.3 is 0 Å². The molecule has 3 aliphatic rings. The van der Waals surface area contributed by atoms with Gasteiger partial charge in [-0.05, 0) is 66.2 Å². The van der Waals surface area contributed by atoms with Gasteiger partial charge in [-0.15, -0.1) is 0 Å². The minimum absolute atomic E-state index is 0.163. The maximum Gasteiger partial charge on any atom is 0.234 e. The van der Waals surface area contributed by atoms with Crippen LogP contribution >= 0.6 is 11.3 Å². The third-order valence-corrected chi connectivity index (χ3v) is 7.07. The van der Waals surface area contributed by atoms with E-state index in [9.17, 15) is 4.79 Å². The molecule has 1 aromatic carbocycles. The van der Waals surface area contributed by atoms with Gasteiger partial charge in [0.05, 0.1) is 0 Å². The summed E-state index contributed by atoms with van der Waals surface area (Å²) >= 11 is 1.70. The lowest BCUT2D eigenvalue weighted by molar-refractivity contribution is -0.135. The van der Waals surface area contributed by atoms with Crippen molar-refractivity contribution in [1.82, 2.24) is 10.2 Å². The first kappa shape index (κ1) is 16.3. The number of carbonyl (C=O) groups excluding carboxylic acids is 1. The fourth-order valence-corrected chi connectivity index (χ4v) is 5.38. The number of carbonyl (C=O) groups is 1. The van der Waals surface area contributed by atoms with Crippen molar-refractivity contribution in [3.63, 3.8) is 0 Å². The molecular weight excluding hydrogens is 344 g/mol. The first-order valence-electron chi connectivity index (χ1n) is 9.51. The average molecular weight is 369 g/mol. The molecule has 1 saturated carbocycles. The summed E-state index contributed by atoms with van der Waals surface area (Å²) in [6.45, 7) is 3.35. The van der Waals surface area contributed by atoms with Crippen molar-refractivity contribution in [3.05, 3.63) is 52.2 Å². The predicted octanol–water partition coefficient (Wildman–Crippen LogP) is 3.40. The van der Waals surface area contributed by atoms with Crippen LogP contribution in [-0.2, 0) is 11.3 Å². The first-order chi connectivity index (χ1) is 12.8. The number of rotatable bonds is 4. The van der Waals surface area contributed by atoms with Crippen molar-refractivity contribution in [2.45, 2.75) is 37.8 Å². The molecule has 2 atom stereocenters. The molecule has 3 heterocycles. The molecule has 5 heteroatoms. The molecule has 2 fully saturated rings. The van der Waals surface area contributed by atoms with Gasteiger partial charge in [0, 0.05) is 18.2 Å². The SMILES string of the molecule is O=C([C@@H]1COc2ccccc21)N(Cc1ccsc1)[C@H]1CC12CCNCC2. The largest absolute Gasteiger partial charge is 0.492 e. The minimum Gasteiger partial charge on any atom is -0.492 e. The van der Waals surface area contributed by atoms with E-state index in [-0.39, 0.29) is 11.8 Å². The van der Waals surface area contributed by atoms with E-state index >= 15 is 0 Å². The van der Waals surface area contributed by atoms with Gasteiger partial charge in [0.15, 0.2) is 0 Å². The summed E-state index contributed by atoms with van der Waals surface area (Å²) in [4.78, 5) is 15.7. The fourth-order valence-electron chi connectivity index (χ4n) is 4.72. The van der Waals surface area contributed by atoms with Gasteiger partial charge in [0.1, 0.15) is 18.3 Å². The average Bonchev–Trinajstić information content (AvgIpc) is 3.08. The van der Waals surface area contributed by atoms with E-state index in [1.165, 1.54) is 18.4 Å². The van der Waals surface area contributed by atoms with Crippen LogP contribution in [0.3, 0.4) is 0 Å². The molecule has 0 bridgehead atoms. The first-order valence-corrected chi connectivity index (χ1v) is 10.5. The Hall–Kier alpha value is -1.85. The lowest BCUT2D eigenvalue weighted by Crippen LogP contribution is -2.41. The summed E-state index contributed by atoms with van der Waals surface area (Å²) in [6, 6.07) is 10.5. The number of thiophene rings is 1. The Labute approximate surface area is 158 Å². The van der Waals surface area contributed by atoms with E-state index in [1.54, 1.807) is 11.3 Å². The van der Waals surface area contributed by atoms with Crippen LogP contribution in [0.15, 0.2) is 41.1 Å². The molecule has 2 aliphatic heterocycles. The third kappa shape index (κ3) is 2.74. The number of hydrogen-bond donors (Lipinski definition) is 1. The molecule has 5 rings (SSSR count). The quantitative estimate of drug-likeness (QED) is 0.899. The Morgan fingerprint density at radius 3 is 2.92 bits per heavy atom. The molecule has 0 unspecified atom stereocenters. The minimum atomic E-state index is -0.163. The number of ether oxygens (including phenoxy) is 1. The predicted molar refractivity (Wildman–Crippen MR) is 102 cm³/mol. The number of fused-ring (bicyclic) bond motifs is 1. The van der Waals surface area contributed by atoms with Gasteiger partial charge in [-0.25, -0.2) is 0 Å². The molecule has 1 aliphatic carbocycles. The van der Waals surface area contributed by atoms with Crippen LogP contribution < -0.4 is 10.1 Å². The topological polar surface area (TPSA) is 41.6 Å². The maximum absolute atomic E-state index is 13.6. The summed E-state index contributed by atoms with van der Waals surface area (Å²) in [7, 11) is 0. The van der Waals surface area contributed by atoms with Gasteiger partial charge in [0.25, 0.3) is 0 Å². The lowest BCUT2D eigenvalue weighted by Gasteiger charge is -2.31. The van der Waals surface area contributed by atoms with E-state index in [0.717, 1.165) is 37.4 Å². The number of para-hydroxylation sites is 1. The van der Waals surface area contributed by atoms with Gasteiger partial charge in [-0.1, -0.05) is 18.2 Å². The Morgan fingerprint density at radius 1 is 1.27 bits per heavy atom. The maximum atomic E-state index is 13.6. The summed E-state index contributed by atoms with van der Waals surface area (Å²) in [5.41, 5.74) is 2.63. The van der Waals surface area contributed by atoms with E-state index in [4.69, 9.17) is 4.74 Å². The van der Waals surface area contributed by atoms with Crippen LogP contribution in [0, 0.1) is 5.41 Å². The van der Waals surface area contributed by atoms with Crippen LogP contribution in [0.1, 0.15) is 36.3 Å². The van der Waals surface area contributed by atoms with E-state index in [0.29, 0.717) is 18.1 Å². The Kier molecular flexibility index (Phi) is 4.02. The van der Waals surface area contributed by atoms with Crippen LogP contribution in [-0.4, -0.2) is 36.5 Å². The van der Waals surface area contributed by atoms with Gasteiger partial charge in [-0.2, -0.15) is 11.3 Å². The molecule has 1 aromatic heterocycles. The second-order valence-electron chi connectivity index (χ2n) is 7.83. The highest BCUT2D eigenvalue weighted by molar-refractivity contribution is 7.07. The summed E-state index contributed by atoms with van der Waals surface area (Å²) in [5.74, 6) is 0.944. The zero-order chi connectivity index (χ0) is 17.6. The Bertz CT molecular complexity index is 798. The van der Waals surface area contributed by atoms with Crippen molar-refractivity contribution in [2.24, 2.45) is 5.41 Å². The van der Waals surface area contributed by atoms with Gasteiger partial charge < -0.3 is 15.0 Å². The van der Waals surface area contributed by atoms with Crippen molar-refractivity contribution in [3.8, 4) is 5.75 Å². The molecule has 4 nitrogen and oxygen atoms in total. The Morgan fingerprint density at radius 2 is 2.12 bits per heavy atom. The van der Waals surface area contributed by atoms with Gasteiger partial charge in [0.2, 0.25) is 5.91 Å². The molecular formula is C21H24N2O2S. The standard InChI is InChI=1S/C21H24N2O2S/c24-20(17-13-25-18-4-2-1-3-16(17)18)23(12-15-5-10-26-14-15)19-11-21(19)6-8-22-9-7-21/h1-5,10,14,17,19,22H,6-9,11-13H2/t17-,19+/m1/s1. The van der Waals surface area contributed by atoms with Crippen molar-refractivity contribution in [2.75, 3.05) is 19.7 Å². The number of nitrogens with one attached hydrogen (secondary N) is 1. The number of benzene rings is 1. The lowest BCUT2D eigenvalue weighted by atomic mass is 9.92. The second kappa shape index (κ2) is 6.39. The summed E-state index contributed by atoms with van der Waals surface area (Å²) < 4.78 is 5.80. The summed E-state index contributed by atoms with van der Waals surface area (Å²) in [6.07, 6.45) is 3.52. The zero-order valence-corrected chi connectivity index (χ0v) is 15.6. The molecule has 2 aromatic rings. The van der Waals surface area contributed by atoms with E-state index < -0.39 is 0 Å². The monoisotopic (exact) mass is 368 g/mol. The van der Waals surface area contributed by atoms with Crippen molar-refractivity contribution in [1.29, 1.82) is 0 Å². The smallest absolute Gasteiger partial charge is 0.234 e. The highest BCUT2D eigenvalue weighted by Crippen LogP contribution is 2.56. The third-order valence-electron chi connectivity index (χ3n) is 6.34. The number of nitrogens with zero attached hydrogens (tertiary/aromatic N) is 1. The number of piperidine rings is 1. The fraction of sp³-hybridized carbons (Fsp3) is 0.476. The molecule has 1 spiro atoms. The second-order valence-corrected chi connectivity index (χ2v) is 8.61. The van der Waals surface area contributed by atoms with Gasteiger partial charge in [-0.3, -0.25) is 4.79 Å². The molecule has 1 amide bonds. The molecule has 1 saturated heterocycles. The highest BCUT2D eigenvalue weighted by Gasteiger charge is 2.58. The number of hydrogen-bond acceptors (Lipinski definition) is 4. The highest BCUT2D eigenvalue weighted by atomic mass is 32.1. The van der Waals surface area contributed by atoms with Crippen LogP contribution in [0.5, 0.6) is 5.75 Å². The number of amides is 1. The van der Waals surface area contributed by atoms with Crippen LogP contribution in [0.4, 0.5) is 0 Å². The van der Waals surface area contributed by atoms with E-state index in [2.05, 4.69) is 27.0 Å². The van der Waals surface area contributed by atoms with Crippen molar-refractivity contribution < 1.29 is 9.53 Å². The van der Waals surface area contributed by atoms with E-state index in [1.807, 2.05) is 24.3 Å². The normalized spacial score (nSPS) is 25.5. The van der Waals surface area contributed by atoms with Crippen LogP contribution in [0.25, 0.3) is 0 Å². The summed E-state index contributed by atoms with van der Waals surface area (Å²) in [5, 5.41) is 7.72. The van der Waals surface area contributed by atoms with Crippen molar-refractivity contribution >= 4 is 17.2 Å².